The molecule has 0 aliphatic heterocycles. The van der Waals surface area contributed by atoms with Crippen LogP contribution in [-0.4, -0.2) is 41.7 Å². The lowest BCUT2D eigenvalue weighted by atomic mass is 9.93. The van der Waals surface area contributed by atoms with Crippen LogP contribution in [0.5, 0.6) is 6.01 Å². The Labute approximate surface area is 217 Å². The molecule has 0 N–H and O–H groups in total. The molecule has 0 fully saturated rings. The Bertz CT molecular complexity index is 1270. The van der Waals surface area contributed by atoms with E-state index in [0.717, 1.165) is 15.9 Å². The summed E-state index contributed by atoms with van der Waals surface area (Å²) in [6, 6.07) is 30.7. The zero-order valence-electron chi connectivity index (χ0n) is 20.9. The monoisotopic (exact) mass is 512 g/mol. The Balaban J connectivity index is 1.85. The van der Waals surface area contributed by atoms with Gasteiger partial charge >= 0.3 is 12.0 Å². The second kappa shape index (κ2) is 12.3. The topological polar surface area (TPSA) is 78.4 Å². The Morgan fingerprint density at radius 3 is 1.62 bits per heavy atom. The number of esters is 1. The molecular weight excluding hydrogens is 483 g/mol. The van der Waals surface area contributed by atoms with E-state index in [4.69, 9.17) is 9.47 Å². The van der Waals surface area contributed by atoms with Gasteiger partial charge in [0.15, 0.2) is 5.78 Å². The van der Waals surface area contributed by atoms with Gasteiger partial charge in [0.25, 0.3) is 0 Å². The van der Waals surface area contributed by atoms with Gasteiger partial charge in [-0.15, -0.1) is 0 Å². The number of Topliss-reactive ketones (excluding diaryl/α,β-unsaturated/α-hetero) is 1. The molecule has 1 heterocycles. The summed E-state index contributed by atoms with van der Waals surface area (Å²) in [4.78, 5) is 34.5. The van der Waals surface area contributed by atoms with Crippen LogP contribution in [-0.2, 0) is 14.3 Å². The maximum Gasteiger partial charge on any atom is 0.316 e. The van der Waals surface area contributed by atoms with Gasteiger partial charge in [-0.2, -0.15) is 0 Å². The third kappa shape index (κ3) is 6.04. The standard InChI is InChI=1S/C30H29N2O4P/c1-35-29(34)19-23(24-20-31-30(36-2)32-21-24)18-25(33)22-37(26-12-6-3-7-13-26,27-14-8-4-9-15-27)28-16-10-5-11-17-28/h3-17,20-23H,18-19H2,1-2H3/t23-/m0/s1. The number of carbonyl (C=O) groups excluding carboxylic acids is 2. The minimum atomic E-state index is -2.45. The molecule has 188 valence electrons. The maximum atomic E-state index is 13.9. The quantitative estimate of drug-likeness (QED) is 0.237. The van der Waals surface area contributed by atoms with Gasteiger partial charge in [0.05, 0.1) is 20.6 Å². The molecule has 0 bridgehead atoms. The first-order valence-electron chi connectivity index (χ1n) is 11.9. The highest BCUT2D eigenvalue weighted by molar-refractivity contribution is 7.95. The van der Waals surface area contributed by atoms with E-state index in [1.165, 1.54) is 14.2 Å². The summed E-state index contributed by atoms with van der Waals surface area (Å²) in [6.07, 6.45) is 3.35. The molecule has 37 heavy (non-hydrogen) atoms. The normalized spacial score (nSPS) is 11.8. The van der Waals surface area contributed by atoms with E-state index in [9.17, 15) is 9.59 Å². The van der Waals surface area contributed by atoms with Crippen molar-refractivity contribution in [2.24, 2.45) is 0 Å². The average molecular weight is 513 g/mol. The molecule has 3 aromatic carbocycles. The highest BCUT2D eigenvalue weighted by Gasteiger charge is 2.28. The van der Waals surface area contributed by atoms with Crippen molar-refractivity contribution in [2.45, 2.75) is 18.8 Å². The SMILES string of the molecule is COC(=O)C[C@H](CC(=O)C=P(c1ccccc1)(c1ccccc1)c1ccccc1)c1cnc(OC)nc1. The Kier molecular flexibility index (Phi) is 8.65. The summed E-state index contributed by atoms with van der Waals surface area (Å²) in [7, 11) is 2.83. The number of carbonyl (C=O) groups is 2. The summed E-state index contributed by atoms with van der Waals surface area (Å²) in [5.74, 6) is 0.992. The zero-order valence-corrected chi connectivity index (χ0v) is 21.8. The molecule has 7 heteroatoms. The minimum absolute atomic E-state index is 0.0409. The fourth-order valence-corrected chi connectivity index (χ4v) is 8.21. The number of ketones is 1. The lowest BCUT2D eigenvalue weighted by Crippen LogP contribution is -2.29. The van der Waals surface area contributed by atoms with Crippen LogP contribution >= 0.6 is 6.89 Å². The van der Waals surface area contributed by atoms with Crippen LogP contribution < -0.4 is 20.7 Å². The second-order valence-corrected chi connectivity index (χ2v) is 11.8. The molecule has 4 rings (SSSR count). The van der Waals surface area contributed by atoms with E-state index >= 15 is 0 Å². The summed E-state index contributed by atoms with van der Waals surface area (Å²) in [6.45, 7) is -2.45. The zero-order chi connectivity index (χ0) is 26.1. The van der Waals surface area contributed by atoms with Gasteiger partial charge < -0.3 is 9.47 Å². The first-order valence-corrected chi connectivity index (χ1v) is 13.8. The van der Waals surface area contributed by atoms with E-state index < -0.39 is 18.8 Å². The first kappa shape index (κ1) is 26.1. The molecule has 0 saturated heterocycles. The van der Waals surface area contributed by atoms with Crippen molar-refractivity contribution >= 4 is 40.3 Å². The van der Waals surface area contributed by atoms with Gasteiger partial charge in [-0.05, 0) is 34.2 Å². The average Bonchev–Trinajstić information content (AvgIpc) is 2.97. The summed E-state index contributed by atoms with van der Waals surface area (Å²) in [5.41, 5.74) is 0.677. The molecule has 0 radical (unpaired) electrons. The molecule has 0 unspecified atom stereocenters. The van der Waals surface area contributed by atoms with E-state index in [0.29, 0.717) is 5.56 Å². The van der Waals surface area contributed by atoms with Gasteiger partial charge in [-0.3, -0.25) is 9.59 Å². The van der Waals surface area contributed by atoms with E-state index in [1.54, 1.807) is 12.4 Å². The van der Waals surface area contributed by atoms with E-state index in [2.05, 4.69) is 46.4 Å². The summed E-state index contributed by atoms with van der Waals surface area (Å²) < 4.78 is 9.98. The number of rotatable bonds is 10. The van der Waals surface area contributed by atoms with Crippen LogP contribution in [0.2, 0.25) is 0 Å². The molecule has 0 aliphatic rings. The fourth-order valence-electron chi connectivity index (χ4n) is 4.41. The number of aromatic nitrogens is 2. The Hall–Kier alpha value is -4.02. The van der Waals surface area contributed by atoms with Crippen molar-refractivity contribution < 1.29 is 19.1 Å². The largest absolute Gasteiger partial charge is 0.469 e. The van der Waals surface area contributed by atoms with Crippen molar-refractivity contribution in [2.75, 3.05) is 14.2 Å². The van der Waals surface area contributed by atoms with Gasteiger partial charge in [0.2, 0.25) is 0 Å². The van der Waals surface area contributed by atoms with Crippen molar-refractivity contribution in [3.05, 3.63) is 109 Å². The van der Waals surface area contributed by atoms with Crippen LogP contribution in [0.3, 0.4) is 0 Å². The van der Waals surface area contributed by atoms with Crippen LogP contribution in [0.15, 0.2) is 103 Å². The number of benzene rings is 3. The fraction of sp³-hybridized carbons (Fsp3) is 0.167. The summed E-state index contributed by atoms with van der Waals surface area (Å²) >= 11 is 0. The minimum Gasteiger partial charge on any atom is -0.469 e. The van der Waals surface area contributed by atoms with Gasteiger partial charge in [0.1, 0.15) is 0 Å². The van der Waals surface area contributed by atoms with E-state index in [-0.39, 0.29) is 24.6 Å². The van der Waals surface area contributed by atoms with Crippen molar-refractivity contribution in [3.63, 3.8) is 0 Å². The Morgan fingerprint density at radius 1 is 0.757 bits per heavy atom. The van der Waals surface area contributed by atoms with Crippen LogP contribution in [0.4, 0.5) is 0 Å². The molecule has 0 saturated carbocycles. The maximum absolute atomic E-state index is 13.9. The molecule has 1 aromatic heterocycles. The molecule has 0 aliphatic carbocycles. The number of ether oxygens (including phenoxy) is 2. The van der Waals surface area contributed by atoms with Gasteiger partial charge in [-0.25, -0.2) is 9.97 Å². The summed E-state index contributed by atoms with van der Waals surface area (Å²) in [5, 5.41) is 3.24. The second-order valence-electron chi connectivity index (χ2n) is 8.51. The predicted octanol–water partition coefficient (Wildman–Crippen LogP) is 3.89. The number of nitrogens with zero attached hydrogens (tertiary/aromatic N) is 2. The number of hydrogen-bond acceptors (Lipinski definition) is 6. The van der Waals surface area contributed by atoms with Crippen molar-refractivity contribution in [1.29, 1.82) is 0 Å². The molecule has 0 spiro atoms. The predicted molar refractivity (Wildman–Crippen MR) is 149 cm³/mol. The Morgan fingerprint density at radius 2 is 1.22 bits per heavy atom. The highest BCUT2D eigenvalue weighted by Crippen LogP contribution is 2.44. The van der Waals surface area contributed by atoms with Gasteiger partial charge in [-0.1, -0.05) is 91.0 Å². The lowest BCUT2D eigenvalue weighted by Gasteiger charge is -2.28. The third-order valence-electron chi connectivity index (χ3n) is 6.22. The number of hydrogen-bond donors (Lipinski definition) is 0. The molecule has 1 atom stereocenters. The van der Waals surface area contributed by atoms with Crippen LogP contribution in [0.1, 0.15) is 24.3 Å². The third-order valence-corrected chi connectivity index (χ3v) is 10.2. The first-order chi connectivity index (χ1) is 18.1. The van der Waals surface area contributed by atoms with Crippen LogP contribution in [0, 0.1) is 0 Å². The molecule has 6 nitrogen and oxygen atoms in total. The van der Waals surface area contributed by atoms with Crippen molar-refractivity contribution in [1.82, 2.24) is 9.97 Å². The number of methoxy groups -OCH3 is 2. The molecule has 4 aromatic rings. The molecular formula is C30H29N2O4P. The van der Waals surface area contributed by atoms with Crippen LogP contribution in [0.25, 0.3) is 0 Å². The lowest BCUT2D eigenvalue weighted by molar-refractivity contribution is -0.141. The molecule has 0 amide bonds. The van der Waals surface area contributed by atoms with E-state index in [1.807, 2.05) is 60.4 Å². The highest BCUT2D eigenvalue weighted by atomic mass is 31.2. The van der Waals surface area contributed by atoms with Gasteiger partial charge in [0, 0.05) is 24.7 Å². The smallest absolute Gasteiger partial charge is 0.316 e. The van der Waals surface area contributed by atoms with Crippen molar-refractivity contribution in [3.8, 4) is 6.01 Å².